The van der Waals surface area contributed by atoms with Crippen molar-refractivity contribution < 1.29 is 18.8 Å². The topological polar surface area (TPSA) is 76.2 Å². The minimum absolute atomic E-state index is 0.0232. The largest absolute Gasteiger partial charge is 0.477 e. The Balaban J connectivity index is 2.66. The van der Waals surface area contributed by atoms with Crippen LogP contribution < -0.4 is 0 Å². The van der Waals surface area contributed by atoms with Crippen LogP contribution in [0.3, 0.4) is 0 Å². The molecular formula is C10H7FN2O3. The molecule has 5 nitrogen and oxygen atoms in total. The molecule has 2 rings (SSSR count). The standard InChI is InChI=1S/C10H7FN2O3/c1-5-8(10(14)15)9(13-16-5)6-2-3-12-4-7(6)11/h2-4H,1H3,(H,14,15). The lowest BCUT2D eigenvalue weighted by molar-refractivity contribution is 0.0696. The van der Waals surface area contributed by atoms with E-state index in [-0.39, 0.29) is 22.6 Å². The van der Waals surface area contributed by atoms with Crippen molar-refractivity contribution in [1.82, 2.24) is 10.1 Å². The molecule has 0 aliphatic carbocycles. The van der Waals surface area contributed by atoms with E-state index >= 15 is 0 Å². The van der Waals surface area contributed by atoms with Crippen LogP contribution in [-0.4, -0.2) is 21.2 Å². The second-order valence-electron chi connectivity index (χ2n) is 3.12. The molecule has 16 heavy (non-hydrogen) atoms. The highest BCUT2D eigenvalue weighted by Gasteiger charge is 2.22. The van der Waals surface area contributed by atoms with Gasteiger partial charge in [-0.3, -0.25) is 4.98 Å². The fourth-order valence-corrected chi connectivity index (χ4v) is 1.38. The summed E-state index contributed by atoms with van der Waals surface area (Å²) in [5.74, 6) is -1.71. The number of carboxylic acids is 1. The van der Waals surface area contributed by atoms with Gasteiger partial charge in [0.05, 0.1) is 6.20 Å². The maximum atomic E-state index is 13.4. The fourth-order valence-electron chi connectivity index (χ4n) is 1.38. The Hall–Kier alpha value is -2.24. The minimum atomic E-state index is -1.20. The predicted molar refractivity (Wildman–Crippen MR) is 51.4 cm³/mol. The quantitative estimate of drug-likeness (QED) is 0.839. The van der Waals surface area contributed by atoms with Crippen LogP contribution in [0, 0.1) is 12.7 Å². The van der Waals surface area contributed by atoms with Crippen molar-refractivity contribution in [3.8, 4) is 11.3 Å². The number of pyridine rings is 1. The predicted octanol–water partition coefficient (Wildman–Crippen LogP) is 1.88. The molecule has 0 bridgehead atoms. The maximum Gasteiger partial charge on any atom is 0.341 e. The van der Waals surface area contributed by atoms with Gasteiger partial charge in [-0.25, -0.2) is 9.18 Å². The van der Waals surface area contributed by atoms with Crippen molar-refractivity contribution in [2.24, 2.45) is 0 Å². The third-order valence-corrected chi connectivity index (χ3v) is 2.10. The number of hydrogen-bond acceptors (Lipinski definition) is 4. The Morgan fingerprint density at radius 1 is 1.56 bits per heavy atom. The first-order valence-electron chi connectivity index (χ1n) is 4.40. The second-order valence-corrected chi connectivity index (χ2v) is 3.12. The SMILES string of the molecule is Cc1onc(-c2ccncc2F)c1C(=O)O. The summed E-state index contributed by atoms with van der Waals surface area (Å²) in [6, 6.07) is 1.35. The van der Waals surface area contributed by atoms with Crippen LogP contribution in [0.1, 0.15) is 16.1 Å². The first kappa shape index (κ1) is 10.3. The van der Waals surface area contributed by atoms with E-state index < -0.39 is 11.8 Å². The number of rotatable bonds is 2. The van der Waals surface area contributed by atoms with Gasteiger partial charge in [-0.2, -0.15) is 0 Å². The first-order valence-corrected chi connectivity index (χ1v) is 4.40. The van der Waals surface area contributed by atoms with Crippen molar-refractivity contribution >= 4 is 5.97 Å². The molecule has 0 saturated carbocycles. The molecule has 0 aliphatic heterocycles. The summed E-state index contributed by atoms with van der Waals surface area (Å²) in [6.07, 6.45) is 2.35. The smallest absolute Gasteiger partial charge is 0.341 e. The lowest BCUT2D eigenvalue weighted by Gasteiger charge is -1.98. The van der Waals surface area contributed by atoms with Gasteiger partial charge in [-0.1, -0.05) is 5.16 Å². The van der Waals surface area contributed by atoms with Crippen LogP contribution in [0.25, 0.3) is 11.3 Å². The number of aromatic nitrogens is 2. The molecule has 0 fully saturated rings. The van der Waals surface area contributed by atoms with E-state index in [0.717, 1.165) is 6.20 Å². The first-order chi connectivity index (χ1) is 7.61. The van der Waals surface area contributed by atoms with Gasteiger partial charge in [0.2, 0.25) is 0 Å². The van der Waals surface area contributed by atoms with E-state index in [2.05, 4.69) is 10.1 Å². The number of hydrogen-bond donors (Lipinski definition) is 1. The molecule has 0 unspecified atom stereocenters. The molecule has 0 amide bonds. The highest BCUT2D eigenvalue weighted by Crippen LogP contribution is 2.26. The molecule has 0 atom stereocenters. The molecule has 0 spiro atoms. The summed E-state index contributed by atoms with van der Waals surface area (Å²) < 4.78 is 18.1. The number of nitrogens with zero attached hydrogens (tertiary/aromatic N) is 2. The number of carbonyl (C=O) groups is 1. The average Bonchev–Trinajstić information content (AvgIpc) is 2.61. The van der Waals surface area contributed by atoms with E-state index in [0.29, 0.717) is 0 Å². The molecule has 0 saturated heterocycles. The molecule has 2 heterocycles. The van der Waals surface area contributed by atoms with Crippen LogP contribution in [-0.2, 0) is 0 Å². The second kappa shape index (κ2) is 3.73. The molecule has 2 aromatic heterocycles. The Bertz CT molecular complexity index is 551. The van der Waals surface area contributed by atoms with E-state index in [1.54, 1.807) is 0 Å². The van der Waals surface area contributed by atoms with Crippen molar-refractivity contribution in [2.45, 2.75) is 6.92 Å². The van der Waals surface area contributed by atoms with Gasteiger partial charge in [0, 0.05) is 11.8 Å². The van der Waals surface area contributed by atoms with Gasteiger partial charge < -0.3 is 9.63 Å². The highest BCUT2D eigenvalue weighted by molar-refractivity contribution is 5.95. The molecule has 0 radical (unpaired) electrons. The number of aromatic carboxylic acids is 1. The molecule has 6 heteroatoms. The van der Waals surface area contributed by atoms with Crippen LogP contribution in [0.2, 0.25) is 0 Å². The monoisotopic (exact) mass is 222 g/mol. The van der Waals surface area contributed by atoms with Crippen LogP contribution >= 0.6 is 0 Å². The van der Waals surface area contributed by atoms with E-state index in [1.165, 1.54) is 19.2 Å². The summed E-state index contributed by atoms with van der Waals surface area (Å²) in [6.45, 7) is 1.46. The fraction of sp³-hybridized carbons (Fsp3) is 0.100. The zero-order valence-electron chi connectivity index (χ0n) is 8.27. The van der Waals surface area contributed by atoms with Crippen molar-refractivity contribution in [1.29, 1.82) is 0 Å². The molecule has 1 N–H and O–H groups in total. The molecule has 2 aromatic rings. The lowest BCUT2D eigenvalue weighted by Crippen LogP contribution is -2.00. The molecule has 82 valence electrons. The highest BCUT2D eigenvalue weighted by atomic mass is 19.1. The van der Waals surface area contributed by atoms with Gasteiger partial charge in [0.15, 0.2) is 5.82 Å². The lowest BCUT2D eigenvalue weighted by atomic mass is 10.1. The Labute approximate surface area is 89.5 Å². The Kier molecular flexibility index (Phi) is 2.40. The van der Waals surface area contributed by atoms with Gasteiger partial charge in [-0.05, 0) is 13.0 Å². The zero-order chi connectivity index (χ0) is 11.7. The normalized spacial score (nSPS) is 10.4. The van der Waals surface area contributed by atoms with Gasteiger partial charge in [0.25, 0.3) is 0 Å². The summed E-state index contributed by atoms with van der Waals surface area (Å²) in [5, 5.41) is 12.5. The van der Waals surface area contributed by atoms with Crippen molar-refractivity contribution in [2.75, 3.05) is 0 Å². The van der Waals surface area contributed by atoms with E-state index in [1.807, 2.05) is 0 Å². The molecule has 0 aliphatic rings. The molecular weight excluding hydrogens is 215 g/mol. The summed E-state index contributed by atoms with van der Waals surface area (Å²) >= 11 is 0. The number of aryl methyl sites for hydroxylation is 1. The van der Waals surface area contributed by atoms with Gasteiger partial charge >= 0.3 is 5.97 Å². The summed E-state index contributed by atoms with van der Waals surface area (Å²) in [4.78, 5) is 14.5. The minimum Gasteiger partial charge on any atom is -0.477 e. The summed E-state index contributed by atoms with van der Waals surface area (Å²) in [5.41, 5.74) is -0.0979. The van der Waals surface area contributed by atoms with E-state index in [9.17, 15) is 9.18 Å². The van der Waals surface area contributed by atoms with E-state index in [4.69, 9.17) is 9.63 Å². The van der Waals surface area contributed by atoms with Crippen molar-refractivity contribution in [3.63, 3.8) is 0 Å². The summed E-state index contributed by atoms with van der Waals surface area (Å²) in [7, 11) is 0. The van der Waals surface area contributed by atoms with Crippen LogP contribution in [0.15, 0.2) is 23.0 Å². The third-order valence-electron chi connectivity index (χ3n) is 2.10. The zero-order valence-corrected chi connectivity index (χ0v) is 8.27. The van der Waals surface area contributed by atoms with Crippen LogP contribution in [0.5, 0.6) is 0 Å². The number of carboxylic acid groups (broad SMARTS) is 1. The third kappa shape index (κ3) is 1.54. The average molecular weight is 222 g/mol. The van der Waals surface area contributed by atoms with Gasteiger partial charge in [-0.15, -0.1) is 0 Å². The molecule has 0 aromatic carbocycles. The number of halogens is 1. The van der Waals surface area contributed by atoms with Crippen molar-refractivity contribution in [3.05, 3.63) is 35.6 Å². The maximum absolute atomic E-state index is 13.4. The Morgan fingerprint density at radius 2 is 2.31 bits per heavy atom. The van der Waals surface area contributed by atoms with Crippen LogP contribution in [0.4, 0.5) is 4.39 Å². The Morgan fingerprint density at radius 3 is 2.94 bits per heavy atom. The van der Waals surface area contributed by atoms with Gasteiger partial charge in [0.1, 0.15) is 17.0 Å².